The Hall–Kier alpha value is -3.41. The third-order valence-electron chi connectivity index (χ3n) is 4.05. The highest BCUT2D eigenvalue weighted by molar-refractivity contribution is 6.07. The molecule has 0 saturated carbocycles. The van der Waals surface area contributed by atoms with Crippen LogP contribution in [-0.2, 0) is 13.0 Å². The van der Waals surface area contributed by atoms with Gasteiger partial charge in [-0.2, -0.15) is 0 Å². The number of aromatic nitrogens is 2. The first-order valence-corrected chi connectivity index (χ1v) is 8.40. The number of nitrogens with two attached hydrogens (primary N) is 1. The molecule has 1 aromatic heterocycles. The van der Waals surface area contributed by atoms with E-state index in [0.29, 0.717) is 12.1 Å². The molecule has 3 aromatic rings. The molecule has 1 heterocycles. The number of imidazole rings is 1. The minimum absolute atomic E-state index is 0.186. The molecular formula is C20H20N4O2. The molecule has 26 heavy (non-hydrogen) atoms. The topological polar surface area (TPSA) is 90.0 Å². The van der Waals surface area contributed by atoms with E-state index in [1.165, 1.54) is 11.9 Å². The molecule has 3 N–H and O–H groups in total. The van der Waals surface area contributed by atoms with Crippen molar-refractivity contribution in [2.24, 2.45) is 5.73 Å². The number of anilines is 1. The summed E-state index contributed by atoms with van der Waals surface area (Å²) in [5, 5.41) is 2.66. The Labute approximate surface area is 151 Å². The highest BCUT2D eigenvalue weighted by atomic mass is 16.2. The number of carbonyl (C=O) groups excluding carboxylic acids is 2. The number of rotatable bonds is 7. The first-order valence-electron chi connectivity index (χ1n) is 8.40. The summed E-state index contributed by atoms with van der Waals surface area (Å²) in [7, 11) is 0. The molecule has 0 unspecified atom stereocenters. The van der Waals surface area contributed by atoms with Crippen LogP contribution in [0.1, 0.15) is 32.8 Å². The van der Waals surface area contributed by atoms with E-state index >= 15 is 0 Å². The average molecular weight is 348 g/mol. The Bertz CT molecular complexity index is 889. The van der Waals surface area contributed by atoms with Gasteiger partial charge >= 0.3 is 0 Å². The first-order chi connectivity index (χ1) is 12.6. The first kappa shape index (κ1) is 17.4. The molecule has 0 aliphatic rings. The zero-order valence-electron chi connectivity index (χ0n) is 14.3. The molecule has 0 aliphatic heterocycles. The predicted molar refractivity (Wildman–Crippen MR) is 99.9 cm³/mol. The van der Waals surface area contributed by atoms with Crippen LogP contribution in [0.4, 0.5) is 5.82 Å². The number of carbonyl (C=O) groups is 2. The van der Waals surface area contributed by atoms with E-state index in [2.05, 4.69) is 22.4 Å². The van der Waals surface area contributed by atoms with E-state index in [4.69, 9.17) is 5.73 Å². The molecular weight excluding hydrogens is 328 g/mol. The van der Waals surface area contributed by atoms with Crippen molar-refractivity contribution in [3.63, 3.8) is 0 Å². The number of nitrogens with zero attached hydrogens (tertiary/aromatic N) is 2. The van der Waals surface area contributed by atoms with Gasteiger partial charge in [0.05, 0.1) is 6.33 Å². The van der Waals surface area contributed by atoms with Gasteiger partial charge in [0.1, 0.15) is 0 Å². The predicted octanol–water partition coefficient (Wildman–Crippen LogP) is 2.87. The van der Waals surface area contributed by atoms with Crippen molar-refractivity contribution in [1.82, 2.24) is 9.55 Å². The maximum Gasteiger partial charge on any atom is 0.269 e. The summed E-state index contributed by atoms with van der Waals surface area (Å²) in [5.74, 6) is -0.765. The summed E-state index contributed by atoms with van der Waals surface area (Å²) >= 11 is 0. The van der Waals surface area contributed by atoms with Gasteiger partial charge in [0, 0.05) is 12.1 Å². The monoisotopic (exact) mass is 348 g/mol. The van der Waals surface area contributed by atoms with Crippen molar-refractivity contribution in [1.29, 1.82) is 0 Å². The molecule has 0 bridgehead atoms. The third kappa shape index (κ3) is 4.16. The molecule has 6 heteroatoms. The average Bonchev–Trinajstić information content (AvgIpc) is 3.06. The fraction of sp³-hybridized carbons (Fsp3) is 0.150. The second-order valence-electron chi connectivity index (χ2n) is 5.91. The molecule has 3 rings (SSSR count). The van der Waals surface area contributed by atoms with E-state index in [0.717, 1.165) is 12.8 Å². The summed E-state index contributed by atoms with van der Waals surface area (Å²) in [6.45, 7) is 0.585. The van der Waals surface area contributed by atoms with Crippen molar-refractivity contribution >= 4 is 17.6 Å². The van der Waals surface area contributed by atoms with Gasteiger partial charge < -0.3 is 15.6 Å². The highest BCUT2D eigenvalue weighted by Gasteiger charge is 2.18. The lowest BCUT2D eigenvalue weighted by Gasteiger charge is -2.08. The van der Waals surface area contributed by atoms with Crippen LogP contribution in [0.2, 0.25) is 0 Å². The fourth-order valence-electron chi connectivity index (χ4n) is 2.77. The van der Waals surface area contributed by atoms with Crippen molar-refractivity contribution in [2.75, 3.05) is 5.32 Å². The quantitative estimate of drug-likeness (QED) is 0.688. The number of benzene rings is 2. The van der Waals surface area contributed by atoms with Crippen LogP contribution in [-0.4, -0.2) is 21.4 Å². The second-order valence-corrected chi connectivity index (χ2v) is 5.91. The van der Waals surface area contributed by atoms with Gasteiger partial charge in [-0.05, 0) is 30.5 Å². The standard InChI is InChI=1S/C20H20N4O2/c21-18(25)17-19(23-20(26)16-11-5-2-6-12-16)22-14-24(17)13-7-10-15-8-3-1-4-9-15/h1-6,8-9,11-12,14H,7,10,13H2,(H2,21,25)(H,23,26). The molecule has 6 nitrogen and oxygen atoms in total. The number of amides is 2. The van der Waals surface area contributed by atoms with Gasteiger partial charge in [0.25, 0.3) is 11.8 Å². The van der Waals surface area contributed by atoms with Crippen LogP contribution in [0.25, 0.3) is 0 Å². The maximum absolute atomic E-state index is 12.3. The van der Waals surface area contributed by atoms with Gasteiger partial charge in [-0.25, -0.2) is 4.98 Å². The van der Waals surface area contributed by atoms with E-state index in [1.807, 2.05) is 24.3 Å². The maximum atomic E-state index is 12.3. The Kier molecular flexibility index (Phi) is 5.43. The number of hydrogen-bond acceptors (Lipinski definition) is 3. The molecule has 2 aromatic carbocycles. The zero-order valence-corrected chi connectivity index (χ0v) is 14.3. The van der Waals surface area contributed by atoms with E-state index in [9.17, 15) is 9.59 Å². The molecule has 0 radical (unpaired) electrons. The minimum Gasteiger partial charge on any atom is -0.364 e. The molecule has 132 valence electrons. The van der Waals surface area contributed by atoms with Crippen LogP contribution in [0.15, 0.2) is 67.0 Å². The summed E-state index contributed by atoms with van der Waals surface area (Å²) < 4.78 is 1.69. The molecule has 0 fully saturated rings. The molecule has 0 saturated heterocycles. The Morgan fingerprint density at radius 2 is 1.65 bits per heavy atom. The SMILES string of the molecule is NC(=O)c1c(NC(=O)c2ccccc2)ncn1CCCc1ccccc1. The van der Waals surface area contributed by atoms with Crippen LogP contribution in [0.5, 0.6) is 0 Å². The van der Waals surface area contributed by atoms with E-state index in [1.54, 1.807) is 28.8 Å². The van der Waals surface area contributed by atoms with Crippen molar-refractivity contribution < 1.29 is 9.59 Å². The van der Waals surface area contributed by atoms with E-state index < -0.39 is 5.91 Å². The Morgan fingerprint density at radius 3 is 2.31 bits per heavy atom. The second kappa shape index (κ2) is 8.11. The molecule has 0 spiro atoms. The molecule has 0 atom stereocenters. The minimum atomic E-state index is -0.620. The van der Waals surface area contributed by atoms with Crippen LogP contribution < -0.4 is 11.1 Å². The number of primary amides is 1. The fourth-order valence-corrected chi connectivity index (χ4v) is 2.77. The van der Waals surface area contributed by atoms with Crippen molar-refractivity contribution in [2.45, 2.75) is 19.4 Å². The van der Waals surface area contributed by atoms with Crippen LogP contribution in [0.3, 0.4) is 0 Å². The molecule has 0 aliphatic carbocycles. The molecule has 2 amide bonds. The van der Waals surface area contributed by atoms with Gasteiger partial charge in [0.15, 0.2) is 11.5 Å². The van der Waals surface area contributed by atoms with Crippen molar-refractivity contribution in [3.8, 4) is 0 Å². The summed E-state index contributed by atoms with van der Waals surface area (Å²) in [5.41, 5.74) is 7.43. The summed E-state index contributed by atoms with van der Waals surface area (Å²) in [6.07, 6.45) is 3.24. The van der Waals surface area contributed by atoms with Gasteiger partial charge in [-0.3, -0.25) is 9.59 Å². The summed E-state index contributed by atoms with van der Waals surface area (Å²) in [6, 6.07) is 18.9. The van der Waals surface area contributed by atoms with E-state index in [-0.39, 0.29) is 17.4 Å². The smallest absolute Gasteiger partial charge is 0.269 e. The number of aryl methyl sites for hydroxylation is 2. The Balaban J connectivity index is 1.70. The number of nitrogens with one attached hydrogen (secondary N) is 1. The van der Waals surface area contributed by atoms with Gasteiger partial charge in [-0.1, -0.05) is 48.5 Å². The van der Waals surface area contributed by atoms with Crippen LogP contribution >= 0.6 is 0 Å². The van der Waals surface area contributed by atoms with Crippen molar-refractivity contribution in [3.05, 3.63) is 83.8 Å². The van der Waals surface area contributed by atoms with Crippen LogP contribution in [0, 0.1) is 0 Å². The van der Waals surface area contributed by atoms with Gasteiger partial charge in [0.2, 0.25) is 0 Å². The Morgan fingerprint density at radius 1 is 1.00 bits per heavy atom. The lowest BCUT2D eigenvalue weighted by Crippen LogP contribution is -2.21. The number of hydrogen-bond donors (Lipinski definition) is 2. The largest absolute Gasteiger partial charge is 0.364 e. The normalized spacial score (nSPS) is 10.5. The zero-order chi connectivity index (χ0) is 18.4. The third-order valence-corrected chi connectivity index (χ3v) is 4.05. The highest BCUT2D eigenvalue weighted by Crippen LogP contribution is 2.16. The van der Waals surface area contributed by atoms with Gasteiger partial charge in [-0.15, -0.1) is 0 Å². The lowest BCUT2D eigenvalue weighted by atomic mass is 10.1. The lowest BCUT2D eigenvalue weighted by molar-refractivity contribution is 0.0992. The summed E-state index contributed by atoms with van der Waals surface area (Å²) in [4.78, 5) is 28.3.